The minimum atomic E-state index is -0.888. The number of anilines is 1. The van der Waals surface area contributed by atoms with Crippen LogP contribution in [0.1, 0.15) is 13.8 Å². The molecule has 0 aliphatic rings. The molecule has 0 fully saturated rings. The first-order valence-corrected chi connectivity index (χ1v) is 5.69. The largest absolute Gasteiger partial charge is 0.449 e. The molecule has 0 saturated carbocycles. The van der Waals surface area contributed by atoms with E-state index in [0.717, 1.165) is 0 Å². The number of amides is 2. The molecule has 1 aromatic carbocycles. The van der Waals surface area contributed by atoms with Gasteiger partial charge >= 0.3 is 6.09 Å². The third-order valence-electron chi connectivity index (χ3n) is 1.92. The number of nitrogens with zero attached hydrogens (tertiary/aromatic N) is 1. The summed E-state index contributed by atoms with van der Waals surface area (Å²) in [7, 11) is 0. The molecule has 17 heavy (non-hydrogen) atoms. The van der Waals surface area contributed by atoms with E-state index in [-0.39, 0.29) is 12.3 Å². The van der Waals surface area contributed by atoms with E-state index in [1.807, 2.05) is 0 Å². The molecular weight excluding hydrogens is 293 g/mol. The molecule has 1 aromatic rings. The Labute approximate surface area is 106 Å². The number of carbonyl (C=O) groups excluding carboxylic acids is 2. The Morgan fingerprint density at radius 2 is 2.12 bits per heavy atom. The van der Waals surface area contributed by atoms with E-state index in [4.69, 9.17) is 4.74 Å². The van der Waals surface area contributed by atoms with Crippen molar-refractivity contribution in [2.24, 2.45) is 0 Å². The zero-order valence-electron chi connectivity index (χ0n) is 9.37. The highest BCUT2D eigenvalue weighted by Crippen LogP contribution is 2.24. The third kappa shape index (κ3) is 3.26. The topological polar surface area (TPSA) is 46.6 Å². The average molecular weight is 304 g/mol. The molecule has 0 N–H and O–H groups in total. The fourth-order valence-electron chi connectivity index (χ4n) is 1.25. The van der Waals surface area contributed by atoms with Gasteiger partial charge in [0.25, 0.3) is 0 Å². The van der Waals surface area contributed by atoms with Crippen molar-refractivity contribution in [2.45, 2.75) is 13.8 Å². The molecule has 0 aromatic heterocycles. The van der Waals surface area contributed by atoms with Crippen molar-refractivity contribution in [1.82, 2.24) is 0 Å². The zero-order chi connectivity index (χ0) is 13.0. The van der Waals surface area contributed by atoms with Crippen LogP contribution < -0.4 is 4.90 Å². The van der Waals surface area contributed by atoms with E-state index in [2.05, 4.69) is 15.9 Å². The van der Waals surface area contributed by atoms with E-state index in [1.54, 1.807) is 6.92 Å². The van der Waals surface area contributed by atoms with Gasteiger partial charge in [-0.3, -0.25) is 4.79 Å². The molecule has 0 spiro atoms. The number of hydrogen-bond donors (Lipinski definition) is 0. The van der Waals surface area contributed by atoms with E-state index >= 15 is 0 Å². The number of benzene rings is 1. The van der Waals surface area contributed by atoms with Crippen LogP contribution >= 0.6 is 15.9 Å². The summed E-state index contributed by atoms with van der Waals surface area (Å²) in [5.74, 6) is -1.28. The predicted molar refractivity (Wildman–Crippen MR) is 64.3 cm³/mol. The summed E-state index contributed by atoms with van der Waals surface area (Å²) in [5.41, 5.74) is -0.126. The number of carbonyl (C=O) groups is 2. The van der Waals surface area contributed by atoms with Crippen molar-refractivity contribution in [3.8, 4) is 0 Å². The molecule has 6 heteroatoms. The number of ether oxygens (including phenoxy) is 1. The predicted octanol–water partition coefficient (Wildman–Crippen LogP) is 3.10. The van der Waals surface area contributed by atoms with Gasteiger partial charge in [0.1, 0.15) is 5.82 Å². The molecule has 2 amide bonds. The Bertz CT molecular complexity index is 450. The van der Waals surface area contributed by atoms with Gasteiger partial charge in [0.15, 0.2) is 0 Å². The molecule has 0 saturated heterocycles. The number of hydrogen-bond acceptors (Lipinski definition) is 3. The lowest BCUT2D eigenvalue weighted by Gasteiger charge is -2.18. The highest BCUT2D eigenvalue weighted by molar-refractivity contribution is 9.10. The quantitative estimate of drug-likeness (QED) is 0.843. The summed E-state index contributed by atoms with van der Waals surface area (Å²) >= 11 is 3.09. The molecule has 0 heterocycles. The Balaban J connectivity index is 3.14. The number of rotatable bonds is 2. The summed E-state index contributed by atoms with van der Waals surface area (Å²) in [6.45, 7) is 2.88. The maximum atomic E-state index is 13.6. The first-order valence-electron chi connectivity index (χ1n) is 4.89. The molecule has 0 bridgehead atoms. The van der Waals surface area contributed by atoms with Crippen molar-refractivity contribution < 1.29 is 18.7 Å². The Morgan fingerprint density at radius 1 is 1.47 bits per heavy atom. The summed E-state index contributed by atoms with van der Waals surface area (Å²) in [5, 5.41) is 0. The van der Waals surface area contributed by atoms with Gasteiger partial charge in [-0.25, -0.2) is 14.1 Å². The summed E-state index contributed by atoms with van der Waals surface area (Å²) in [4.78, 5) is 23.5. The van der Waals surface area contributed by atoms with Gasteiger partial charge in [0.2, 0.25) is 5.91 Å². The molecule has 92 valence electrons. The number of halogens is 2. The standard InChI is InChI=1S/C11H11BrFNO3/c1-3-17-11(16)14(7(2)15)10-5-4-8(12)6-9(10)13/h4-6H,3H2,1-2H3. The van der Waals surface area contributed by atoms with Gasteiger partial charge in [-0.2, -0.15) is 0 Å². The SMILES string of the molecule is CCOC(=O)N(C(C)=O)c1ccc(Br)cc1F. The summed E-state index contributed by atoms with van der Waals surface area (Å²) in [6, 6.07) is 4.04. The minimum Gasteiger partial charge on any atom is -0.449 e. The molecule has 0 aliphatic heterocycles. The smallest absolute Gasteiger partial charge is 0.421 e. The van der Waals surface area contributed by atoms with Crippen LogP contribution in [0, 0.1) is 5.82 Å². The van der Waals surface area contributed by atoms with Crippen LogP contribution in [-0.2, 0) is 9.53 Å². The Morgan fingerprint density at radius 3 is 2.59 bits per heavy atom. The molecular formula is C11H11BrFNO3. The van der Waals surface area contributed by atoms with Gasteiger partial charge in [-0.1, -0.05) is 15.9 Å². The van der Waals surface area contributed by atoms with Crippen LogP contribution in [0.2, 0.25) is 0 Å². The van der Waals surface area contributed by atoms with Crippen molar-refractivity contribution >= 4 is 33.6 Å². The van der Waals surface area contributed by atoms with E-state index in [0.29, 0.717) is 9.37 Å². The zero-order valence-corrected chi connectivity index (χ0v) is 11.0. The lowest BCUT2D eigenvalue weighted by atomic mass is 10.3. The lowest BCUT2D eigenvalue weighted by molar-refractivity contribution is -0.116. The molecule has 0 atom stereocenters. The average Bonchev–Trinajstić information content (AvgIpc) is 2.21. The highest BCUT2D eigenvalue weighted by atomic mass is 79.9. The molecule has 0 unspecified atom stereocenters. The third-order valence-corrected chi connectivity index (χ3v) is 2.41. The second-order valence-electron chi connectivity index (χ2n) is 3.15. The van der Waals surface area contributed by atoms with Crippen LogP contribution in [-0.4, -0.2) is 18.6 Å². The maximum Gasteiger partial charge on any atom is 0.421 e. The van der Waals surface area contributed by atoms with Gasteiger partial charge in [-0.05, 0) is 25.1 Å². The Hall–Kier alpha value is -1.43. The van der Waals surface area contributed by atoms with Gasteiger partial charge in [0, 0.05) is 11.4 Å². The van der Waals surface area contributed by atoms with Crippen molar-refractivity contribution in [3.05, 3.63) is 28.5 Å². The fraction of sp³-hybridized carbons (Fsp3) is 0.273. The summed E-state index contributed by atoms with van der Waals surface area (Å²) < 4.78 is 18.8. The van der Waals surface area contributed by atoms with Crippen LogP contribution in [0.15, 0.2) is 22.7 Å². The van der Waals surface area contributed by atoms with E-state index in [9.17, 15) is 14.0 Å². The van der Waals surface area contributed by atoms with Crippen molar-refractivity contribution in [3.63, 3.8) is 0 Å². The molecule has 0 radical (unpaired) electrons. The van der Waals surface area contributed by atoms with Crippen LogP contribution in [0.3, 0.4) is 0 Å². The van der Waals surface area contributed by atoms with Crippen molar-refractivity contribution in [1.29, 1.82) is 0 Å². The van der Waals surface area contributed by atoms with Gasteiger partial charge in [0.05, 0.1) is 12.3 Å². The van der Waals surface area contributed by atoms with Crippen molar-refractivity contribution in [2.75, 3.05) is 11.5 Å². The lowest BCUT2D eigenvalue weighted by Crippen LogP contribution is -2.36. The van der Waals surface area contributed by atoms with E-state index in [1.165, 1.54) is 25.1 Å². The van der Waals surface area contributed by atoms with Gasteiger partial charge in [-0.15, -0.1) is 0 Å². The first kappa shape index (κ1) is 13.6. The molecule has 1 rings (SSSR count). The first-order chi connectivity index (χ1) is 7.97. The second kappa shape index (κ2) is 5.77. The minimum absolute atomic E-state index is 0.112. The van der Waals surface area contributed by atoms with Crippen LogP contribution in [0.5, 0.6) is 0 Å². The highest BCUT2D eigenvalue weighted by Gasteiger charge is 2.24. The maximum absolute atomic E-state index is 13.6. The normalized spacial score (nSPS) is 9.88. The number of imide groups is 1. The Kier molecular flexibility index (Phi) is 4.62. The summed E-state index contributed by atoms with van der Waals surface area (Å²) in [6.07, 6.45) is -0.888. The fourth-order valence-corrected chi connectivity index (χ4v) is 1.58. The van der Waals surface area contributed by atoms with Crippen LogP contribution in [0.25, 0.3) is 0 Å². The van der Waals surface area contributed by atoms with Crippen LogP contribution in [0.4, 0.5) is 14.9 Å². The monoisotopic (exact) mass is 303 g/mol. The second-order valence-corrected chi connectivity index (χ2v) is 4.06. The molecule has 4 nitrogen and oxygen atoms in total. The molecule has 0 aliphatic carbocycles. The van der Waals surface area contributed by atoms with Gasteiger partial charge < -0.3 is 4.74 Å². The van der Waals surface area contributed by atoms with E-state index < -0.39 is 17.8 Å².